The molecule has 2 heterocycles. The van der Waals surface area contributed by atoms with Gasteiger partial charge >= 0.3 is 6.18 Å². The van der Waals surface area contributed by atoms with E-state index in [9.17, 15) is 27.2 Å². The standard InChI is InChI=1S/C30H25F4N5O3/c1-42-22-9-7-21(8-10-22)39-27(37-26-5-3-2-4-23(26)29(39)41)12-13-38(17-20-16-35-18-36-20)28(40)15-19-6-11-24(25(31)14-19)30(32,33)34/h2-11,14,16,18H,12-13,15,17H2,1H3,(H,35,36). The number of aromatic nitrogens is 4. The van der Waals surface area contributed by atoms with Gasteiger partial charge in [0, 0.05) is 19.2 Å². The average molecular weight is 580 g/mol. The maximum absolute atomic E-state index is 14.2. The Labute approximate surface area is 237 Å². The number of nitrogens with one attached hydrogen (secondary N) is 1. The van der Waals surface area contributed by atoms with Gasteiger partial charge < -0.3 is 14.6 Å². The number of imidazole rings is 1. The van der Waals surface area contributed by atoms with Gasteiger partial charge in [-0.2, -0.15) is 13.2 Å². The van der Waals surface area contributed by atoms with Crippen LogP contribution in [0.15, 0.2) is 84.0 Å². The van der Waals surface area contributed by atoms with Gasteiger partial charge in [-0.1, -0.05) is 18.2 Å². The molecule has 0 aliphatic carbocycles. The molecule has 5 rings (SSSR count). The minimum absolute atomic E-state index is 0.0964. The second kappa shape index (κ2) is 11.9. The van der Waals surface area contributed by atoms with Crippen molar-refractivity contribution in [3.05, 3.63) is 118 Å². The number of ether oxygens (including phenoxy) is 1. The number of benzene rings is 3. The second-order valence-corrected chi connectivity index (χ2v) is 9.51. The molecule has 8 nitrogen and oxygen atoms in total. The molecule has 2 aromatic heterocycles. The number of hydrogen-bond donors (Lipinski definition) is 1. The van der Waals surface area contributed by atoms with Gasteiger partial charge in [0.1, 0.15) is 17.4 Å². The highest BCUT2D eigenvalue weighted by Crippen LogP contribution is 2.31. The summed E-state index contributed by atoms with van der Waals surface area (Å²) in [6, 6.07) is 16.3. The average Bonchev–Trinajstić information content (AvgIpc) is 3.48. The number of H-pyrrole nitrogens is 1. The summed E-state index contributed by atoms with van der Waals surface area (Å²) in [6.45, 7) is 0.199. The number of aromatic amines is 1. The summed E-state index contributed by atoms with van der Waals surface area (Å²) in [6.07, 6.45) is -2.02. The van der Waals surface area contributed by atoms with E-state index in [1.807, 2.05) is 0 Å². The molecule has 42 heavy (non-hydrogen) atoms. The van der Waals surface area contributed by atoms with Crippen molar-refractivity contribution in [1.82, 2.24) is 24.4 Å². The number of nitrogens with zero attached hydrogens (tertiary/aromatic N) is 4. The van der Waals surface area contributed by atoms with Crippen molar-refractivity contribution in [2.24, 2.45) is 0 Å². The molecule has 0 spiro atoms. The van der Waals surface area contributed by atoms with Crippen molar-refractivity contribution in [3.63, 3.8) is 0 Å². The fourth-order valence-corrected chi connectivity index (χ4v) is 4.63. The first-order valence-electron chi connectivity index (χ1n) is 12.9. The summed E-state index contributed by atoms with van der Waals surface area (Å²) in [5.41, 5.74) is 0.0778. The van der Waals surface area contributed by atoms with Gasteiger partial charge in [0.05, 0.1) is 54.3 Å². The fourth-order valence-electron chi connectivity index (χ4n) is 4.63. The van der Waals surface area contributed by atoms with Crippen molar-refractivity contribution < 1.29 is 27.1 Å². The molecule has 5 aromatic rings. The highest BCUT2D eigenvalue weighted by Gasteiger charge is 2.34. The molecule has 0 saturated carbocycles. The van der Waals surface area contributed by atoms with Crippen LogP contribution in [-0.4, -0.2) is 44.0 Å². The molecule has 0 unspecified atom stereocenters. The monoisotopic (exact) mass is 579 g/mol. The van der Waals surface area contributed by atoms with Crippen LogP contribution in [0.25, 0.3) is 16.6 Å². The van der Waals surface area contributed by atoms with Crippen LogP contribution in [0.2, 0.25) is 0 Å². The predicted molar refractivity (Wildman–Crippen MR) is 147 cm³/mol. The van der Waals surface area contributed by atoms with Crippen LogP contribution < -0.4 is 10.3 Å². The zero-order chi connectivity index (χ0) is 29.9. The number of para-hydroxylation sites is 1. The van der Waals surface area contributed by atoms with Crippen molar-refractivity contribution >= 4 is 16.8 Å². The van der Waals surface area contributed by atoms with Crippen molar-refractivity contribution in [2.45, 2.75) is 25.6 Å². The molecule has 0 atom stereocenters. The maximum atomic E-state index is 14.2. The summed E-state index contributed by atoms with van der Waals surface area (Å²) in [7, 11) is 1.54. The Morgan fingerprint density at radius 3 is 2.50 bits per heavy atom. The quantitative estimate of drug-likeness (QED) is 0.246. The number of amides is 1. The summed E-state index contributed by atoms with van der Waals surface area (Å²) in [5.74, 6) is -0.898. The lowest BCUT2D eigenvalue weighted by atomic mass is 10.1. The van der Waals surface area contributed by atoms with E-state index in [4.69, 9.17) is 9.72 Å². The van der Waals surface area contributed by atoms with Crippen molar-refractivity contribution in [1.29, 1.82) is 0 Å². The molecule has 0 bridgehead atoms. The fraction of sp³-hybridized carbons (Fsp3) is 0.200. The van der Waals surface area contributed by atoms with E-state index >= 15 is 0 Å². The van der Waals surface area contributed by atoms with Crippen LogP contribution in [-0.2, 0) is 30.4 Å². The number of rotatable bonds is 9. The zero-order valence-electron chi connectivity index (χ0n) is 22.4. The Morgan fingerprint density at radius 1 is 1.07 bits per heavy atom. The van der Waals surface area contributed by atoms with Crippen LogP contribution in [0, 0.1) is 5.82 Å². The molecular formula is C30H25F4N5O3. The van der Waals surface area contributed by atoms with Gasteiger partial charge in [-0.25, -0.2) is 14.4 Å². The molecule has 12 heteroatoms. The molecule has 0 saturated heterocycles. The largest absolute Gasteiger partial charge is 0.497 e. The van der Waals surface area contributed by atoms with Crippen molar-refractivity contribution in [3.8, 4) is 11.4 Å². The third kappa shape index (κ3) is 6.17. The third-order valence-electron chi connectivity index (χ3n) is 6.74. The van der Waals surface area contributed by atoms with Gasteiger partial charge in [0.15, 0.2) is 0 Å². The number of carbonyl (C=O) groups excluding carboxylic acids is 1. The van der Waals surface area contributed by atoms with Gasteiger partial charge in [-0.3, -0.25) is 14.2 Å². The van der Waals surface area contributed by atoms with Gasteiger partial charge in [0.25, 0.3) is 5.56 Å². The van der Waals surface area contributed by atoms with Gasteiger partial charge in [0.2, 0.25) is 5.91 Å². The summed E-state index contributed by atoms with van der Waals surface area (Å²) >= 11 is 0. The Hall–Kier alpha value is -5.00. The van der Waals surface area contributed by atoms with E-state index in [-0.39, 0.29) is 37.1 Å². The molecule has 1 N–H and O–H groups in total. The summed E-state index contributed by atoms with van der Waals surface area (Å²) < 4.78 is 59.9. The Kier molecular flexibility index (Phi) is 8.05. The minimum Gasteiger partial charge on any atom is -0.497 e. The predicted octanol–water partition coefficient (Wildman–Crippen LogP) is 5.09. The Balaban J connectivity index is 1.46. The Bertz CT molecular complexity index is 1770. The number of alkyl halides is 3. The lowest BCUT2D eigenvalue weighted by Crippen LogP contribution is -2.35. The highest BCUT2D eigenvalue weighted by molar-refractivity contribution is 5.79. The summed E-state index contributed by atoms with van der Waals surface area (Å²) in [4.78, 5) is 40.1. The van der Waals surface area contributed by atoms with Crippen LogP contribution in [0.1, 0.15) is 22.6 Å². The first-order valence-corrected chi connectivity index (χ1v) is 12.9. The molecule has 0 aliphatic heterocycles. The zero-order valence-corrected chi connectivity index (χ0v) is 22.4. The molecule has 0 aliphatic rings. The van der Waals surface area contributed by atoms with Gasteiger partial charge in [-0.05, 0) is 54.1 Å². The van der Waals surface area contributed by atoms with Crippen LogP contribution in [0.3, 0.4) is 0 Å². The molecule has 216 valence electrons. The number of methoxy groups -OCH3 is 1. The van der Waals surface area contributed by atoms with E-state index in [0.29, 0.717) is 39.9 Å². The number of halogens is 4. The minimum atomic E-state index is -4.84. The number of hydrogen-bond acceptors (Lipinski definition) is 5. The van der Waals surface area contributed by atoms with E-state index in [0.717, 1.165) is 12.1 Å². The van der Waals surface area contributed by atoms with E-state index in [1.165, 1.54) is 22.9 Å². The van der Waals surface area contributed by atoms with Gasteiger partial charge in [-0.15, -0.1) is 0 Å². The highest BCUT2D eigenvalue weighted by atomic mass is 19.4. The summed E-state index contributed by atoms with van der Waals surface area (Å²) in [5, 5.41) is 0.423. The first-order chi connectivity index (χ1) is 20.1. The van der Waals surface area contributed by atoms with Crippen LogP contribution >= 0.6 is 0 Å². The molecule has 3 aromatic carbocycles. The third-order valence-corrected chi connectivity index (χ3v) is 6.74. The van der Waals surface area contributed by atoms with Crippen molar-refractivity contribution in [2.75, 3.05) is 13.7 Å². The molecule has 0 radical (unpaired) electrons. The SMILES string of the molecule is COc1ccc(-n2c(CCN(Cc3cnc[nH]3)C(=O)Cc3ccc(C(F)(F)F)c(F)c3)nc3ccccc3c2=O)cc1. The first kappa shape index (κ1) is 28.5. The lowest BCUT2D eigenvalue weighted by Gasteiger charge is -2.23. The normalized spacial score (nSPS) is 11.5. The van der Waals surface area contributed by atoms with Crippen LogP contribution in [0.4, 0.5) is 17.6 Å². The molecule has 1 amide bonds. The van der Waals surface area contributed by atoms with E-state index < -0.39 is 23.5 Å². The van der Waals surface area contributed by atoms with E-state index in [2.05, 4.69) is 9.97 Å². The smallest absolute Gasteiger partial charge is 0.419 e. The Morgan fingerprint density at radius 2 is 1.83 bits per heavy atom. The maximum Gasteiger partial charge on any atom is 0.419 e. The van der Waals surface area contributed by atoms with E-state index in [1.54, 1.807) is 54.7 Å². The topological polar surface area (TPSA) is 93.1 Å². The molecular weight excluding hydrogens is 554 g/mol. The molecule has 0 fully saturated rings. The van der Waals surface area contributed by atoms with Crippen LogP contribution in [0.5, 0.6) is 5.75 Å². The number of fused-ring (bicyclic) bond motifs is 1. The second-order valence-electron chi connectivity index (χ2n) is 9.51. The lowest BCUT2D eigenvalue weighted by molar-refractivity contribution is -0.140. The number of carbonyl (C=O) groups is 1.